The Hall–Kier alpha value is -3.64. The smallest absolute Gasteiger partial charge is 0.270 e. The molecule has 0 aliphatic heterocycles. The van der Waals surface area contributed by atoms with E-state index in [4.69, 9.17) is 0 Å². The van der Waals surface area contributed by atoms with Crippen molar-refractivity contribution in [2.45, 2.75) is 12.1 Å². The average molecular weight is 471 g/mol. The highest BCUT2D eigenvalue weighted by Gasteiger charge is 2.18. The number of rotatable bonds is 7. The molecule has 9 nitrogen and oxygen atoms in total. The number of anilines is 1. The highest BCUT2D eigenvalue weighted by Crippen LogP contribution is 2.31. The lowest BCUT2D eigenvalue weighted by Gasteiger charge is -2.12. The minimum atomic E-state index is -0.475. The van der Waals surface area contributed by atoms with Crippen LogP contribution in [0, 0.1) is 22.9 Å². The van der Waals surface area contributed by atoms with Crippen LogP contribution in [0.25, 0.3) is 16.9 Å². The number of hydrogen-bond donors (Lipinski definition) is 1. The van der Waals surface area contributed by atoms with Crippen molar-refractivity contribution < 1.29 is 14.1 Å². The van der Waals surface area contributed by atoms with Crippen LogP contribution in [0.1, 0.15) is 5.01 Å². The van der Waals surface area contributed by atoms with Crippen LogP contribution in [0.2, 0.25) is 0 Å². The summed E-state index contributed by atoms with van der Waals surface area (Å²) in [6, 6.07) is 11.9. The van der Waals surface area contributed by atoms with E-state index in [0.717, 1.165) is 5.01 Å². The summed E-state index contributed by atoms with van der Waals surface area (Å²) in [7, 11) is 0. The Morgan fingerprint density at radius 3 is 2.72 bits per heavy atom. The molecule has 0 bridgehead atoms. The maximum absolute atomic E-state index is 13.5. The molecule has 2 aromatic heterocycles. The van der Waals surface area contributed by atoms with E-state index in [2.05, 4.69) is 20.5 Å². The minimum absolute atomic E-state index is 0.0468. The average Bonchev–Trinajstić information content (AvgIpc) is 3.39. The summed E-state index contributed by atoms with van der Waals surface area (Å²) >= 11 is 2.44. The lowest BCUT2D eigenvalue weighted by molar-refractivity contribution is -0.384. The van der Waals surface area contributed by atoms with Crippen LogP contribution in [0.4, 0.5) is 15.2 Å². The first-order chi connectivity index (χ1) is 15.4. The van der Waals surface area contributed by atoms with Crippen LogP contribution in [-0.4, -0.2) is 36.3 Å². The molecule has 162 valence electrons. The number of carbonyl (C=O) groups is 1. The maximum Gasteiger partial charge on any atom is 0.270 e. The lowest BCUT2D eigenvalue weighted by Crippen LogP contribution is -2.14. The van der Waals surface area contributed by atoms with Crippen molar-refractivity contribution in [2.75, 3.05) is 11.1 Å². The van der Waals surface area contributed by atoms with Crippen molar-refractivity contribution in [3.63, 3.8) is 0 Å². The summed E-state index contributed by atoms with van der Waals surface area (Å²) in [4.78, 5) is 27.5. The van der Waals surface area contributed by atoms with Crippen LogP contribution >= 0.6 is 23.1 Å². The number of non-ortho nitro benzene ring substituents is 1. The van der Waals surface area contributed by atoms with Gasteiger partial charge in [0.1, 0.15) is 10.8 Å². The van der Waals surface area contributed by atoms with Crippen molar-refractivity contribution >= 4 is 39.8 Å². The number of carbonyl (C=O) groups excluding carboxylic acids is 1. The second-order valence-electron chi connectivity index (χ2n) is 6.51. The molecule has 32 heavy (non-hydrogen) atoms. The van der Waals surface area contributed by atoms with Gasteiger partial charge in [-0.1, -0.05) is 35.2 Å². The summed E-state index contributed by atoms with van der Waals surface area (Å²) in [5, 5.41) is 23.2. The Labute approximate surface area is 189 Å². The third kappa shape index (κ3) is 4.81. The van der Waals surface area contributed by atoms with Gasteiger partial charge < -0.3 is 0 Å². The third-order valence-electron chi connectivity index (χ3n) is 4.27. The van der Waals surface area contributed by atoms with E-state index in [-0.39, 0.29) is 17.3 Å². The predicted molar refractivity (Wildman–Crippen MR) is 120 cm³/mol. The highest BCUT2D eigenvalue weighted by molar-refractivity contribution is 7.99. The molecule has 0 fully saturated rings. The molecule has 0 aliphatic carbocycles. The summed E-state index contributed by atoms with van der Waals surface area (Å²) in [5.74, 6) is -0.631. The fourth-order valence-corrected chi connectivity index (χ4v) is 4.29. The number of hydrogen-bond acceptors (Lipinski definition) is 8. The van der Waals surface area contributed by atoms with Gasteiger partial charge in [0.05, 0.1) is 22.6 Å². The maximum atomic E-state index is 13.5. The number of aromatic nitrogens is 4. The number of nitrogens with zero attached hydrogens (tertiary/aromatic N) is 5. The van der Waals surface area contributed by atoms with Crippen molar-refractivity contribution in [3.8, 4) is 16.9 Å². The number of aryl methyl sites for hydroxylation is 1. The van der Waals surface area contributed by atoms with Crippen LogP contribution in [0.3, 0.4) is 0 Å². The molecule has 2 aromatic carbocycles. The molecule has 0 spiro atoms. The zero-order chi connectivity index (χ0) is 22.7. The van der Waals surface area contributed by atoms with E-state index in [9.17, 15) is 19.3 Å². The second-order valence-corrected chi connectivity index (χ2v) is 8.63. The molecule has 4 aromatic rings. The van der Waals surface area contributed by atoms with E-state index in [0.29, 0.717) is 27.2 Å². The van der Waals surface area contributed by atoms with Crippen molar-refractivity contribution in [1.82, 2.24) is 19.7 Å². The van der Waals surface area contributed by atoms with E-state index >= 15 is 0 Å². The summed E-state index contributed by atoms with van der Waals surface area (Å²) in [5.41, 5.74) is 1.68. The highest BCUT2D eigenvalue weighted by atomic mass is 32.2. The Bertz CT molecular complexity index is 1290. The van der Waals surface area contributed by atoms with E-state index in [1.807, 2.05) is 0 Å². The molecule has 12 heteroatoms. The fourth-order valence-electron chi connectivity index (χ4n) is 2.89. The topological polar surface area (TPSA) is 116 Å². The lowest BCUT2D eigenvalue weighted by atomic mass is 10.1. The number of nitro groups is 1. The van der Waals surface area contributed by atoms with Crippen LogP contribution in [0.5, 0.6) is 0 Å². The summed E-state index contributed by atoms with van der Waals surface area (Å²) in [6.07, 6.45) is 1.57. The van der Waals surface area contributed by atoms with Gasteiger partial charge in [-0.25, -0.2) is 9.37 Å². The molecule has 4 rings (SSSR count). The Kier molecular flexibility index (Phi) is 6.23. The molecule has 0 aliphatic rings. The first-order valence-electron chi connectivity index (χ1n) is 9.22. The molecule has 0 saturated heterocycles. The number of nitrogens with one attached hydrogen (secondary N) is 1. The molecule has 0 saturated carbocycles. The number of nitro benzene ring substituents is 1. The number of benzene rings is 2. The normalized spacial score (nSPS) is 10.8. The molecule has 0 atom stereocenters. The van der Waals surface area contributed by atoms with Crippen molar-refractivity contribution in [3.05, 3.63) is 75.7 Å². The van der Waals surface area contributed by atoms with Gasteiger partial charge >= 0.3 is 0 Å². The zero-order valence-electron chi connectivity index (χ0n) is 16.6. The number of imidazole rings is 1. The monoisotopic (exact) mass is 470 g/mol. The van der Waals surface area contributed by atoms with Gasteiger partial charge in [-0.05, 0) is 31.2 Å². The zero-order valence-corrected chi connectivity index (χ0v) is 18.2. The molecule has 0 unspecified atom stereocenters. The number of halogens is 1. The first-order valence-corrected chi connectivity index (χ1v) is 11.0. The van der Waals surface area contributed by atoms with Gasteiger partial charge in [0.2, 0.25) is 11.0 Å². The van der Waals surface area contributed by atoms with E-state index in [1.54, 1.807) is 42.0 Å². The Morgan fingerprint density at radius 1 is 1.25 bits per heavy atom. The third-order valence-corrected chi connectivity index (χ3v) is 5.98. The van der Waals surface area contributed by atoms with Gasteiger partial charge in [0.15, 0.2) is 5.16 Å². The summed E-state index contributed by atoms with van der Waals surface area (Å²) in [6.45, 7) is 1.79. The number of amides is 1. The molecule has 1 amide bonds. The van der Waals surface area contributed by atoms with Crippen molar-refractivity contribution in [1.29, 1.82) is 0 Å². The molecular weight excluding hydrogens is 455 g/mol. The van der Waals surface area contributed by atoms with Gasteiger partial charge in [0.25, 0.3) is 5.69 Å². The Morgan fingerprint density at radius 2 is 2.03 bits per heavy atom. The fraction of sp³-hybridized carbons (Fsp3) is 0.100. The van der Waals surface area contributed by atoms with Gasteiger partial charge in [-0.2, -0.15) is 0 Å². The molecule has 0 radical (unpaired) electrons. The SMILES string of the molecule is Cc1nnc(NC(=O)CSc2ncc(-c3cccc([N+](=O)[O-])c3)n2-c2ccc(F)cc2)s1. The molecule has 2 heterocycles. The predicted octanol–water partition coefficient (Wildman–Crippen LogP) is 4.48. The molecular formula is C20H15FN6O3S2. The first kappa shape index (κ1) is 21.6. The van der Waals surface area contributed by atoms with Crippen molar-refractivity contribution in [2.24, 2.45) is 0 Å². The number of thioether (sulfide) groups is 1. The summed E-state index contributed by atoms with van der Waals surface area (Å²) < 4.78 is 15.2. The van der Waals surface area contributed by atoms with Gasteiger partial charge in [-0.3, -0.25) is 24.8 Å². The second kappa shape index (κ2) is 9.24. The largest absolute Gasteiger partial charge is 0.300 e. The quantitative estimate of drug-likeness (QED) is 0.240. The Balaban J connectivity index is 1.65. The minimum Gasteiger partial charge on any atom is -0.300 e. The van der Waals surface area contributed by atoms with Crippen LogP contribution in [0.15, 0.2) is 59.9 Å². The van der Waals surface area contributed by atoms with Crippen LogP contribution < -0.4 is 5.32 Å². The van der Waals surface area contributed by atoms with E-state index in [1.165, 1.54) is 47.4 Å². The molecule has 1 N–H and O–H groups in total. The van der Waals surface area contributed by atoms with Gasteiger partial charge in [0, 0.05) is 23.4 Å². The standard InChI is InChI=1S/C20H15FN6O3S2/c1-12-24-25-19(32-12)23-18(28)11-31-20-22-10-17(13-3-2-4-16(9-13)27(29)30)26(20)15-7-5-14(21)6-8-15/h2-10H,11H2,1H3,(H,23,25,28). The van der Waals surface area contributed by atoms with Crippen LogP contribution in [-0.2, 0) is 4.79 Å². The van der Waals surface area contributed by atoms with Gasteiger partial charge in [-0.15, -0.1) is 10.2 Å². The van der Waals surface area contributed by atoms with E-state index < -0.39 is 10.7 Å².